The van der Waals surface area contributed by atoms with E-state index in [4.69, 9.17) is 16.7 Å². The van der Waals surface area contributed by atoms with Gasteiger partial charge in [0, 0.05) is 5.92 Å². The fourth-order valence-corrected chi connectivity index (χ4v) is 7.80. The molecule has 0 spiro atoms. The highest BCUT2D eigenvalue weighted by Crippen LogP contribution is 2.66. The molecule has 1 N–H and O–H groups in total. The van der Waals surface area contributed by atoms with Crippen molar-refractivity contribution in [3.05, 3.63) is 0 Å². The monoisotopic (exact) mass is 442 g/mol. The average Bonchev–Trinajstić information content (AvgIpc) is 3.08. The SMILES string of the molecule is CC.CCCC1(C)C(CC)CCC2C1CCC1(C)C(C(C)=O)CCC21.O=C(O)CCl. The standard InChI is InChI=1S/C22H38O.C2H3ClO2.C2H6/c1-6-13-21(4)16(7-2)8-9-17-19-11-10-18(15(3)23)22(19,5)14-12-20(17)21;3-1-2(4)5;1-2/h16-20H,6-14H2,1-5H3;1H2,(H,4,5);1-2H3. The minimum atomic E-state index is -0.980. The molecule has 4 heteroatoms. The predicted octanol–water partition coefficient (Wildman–Crippen LogP) is 7.60. The Labute approximate surface area is 190 Å². The summed E-state index contributed by atoms with van der Waals surface area (Å²) in [5.74, 6) is 3.11. The summed E-state index contributed by atoms with van der Waals surface area (Å²) in [6, 6.07) is 0. The molecule has 3 aliphatic carbocycles. The summed E-state index contributed by atoms with van der Waals surface area (Å²) in [4.78, 5) is 21.4. The van der Waals surface area contributed by atoms with Crippen molar-refractivity contribution in [2.24, 2.45) is 40.4 Å². The Bertz CT molecular complexity index is 562. The number of carboxylic acids is 1. The van der Waals surface area contributed by atoms with Gasteiger partial charge in [0.15, 0.2) is 0 Å². The molecule has 7 unspecified atom stereocenters. The van der Waals surface area contributed by atoms with E-state index < -0.39 is 5.97 Å². The maximum absolute atomic E-state index is 12.2. The molecule has 0 radical (unpaired) electrons. The average molecular weight is 443 g/mol. The van der Waals surface area contributed by atoms with E-state index in [0.29, 0.717) is 22.5 Å². The number of carboxylic acid groups (broad SMARTS) is 1. The Morgan fingerprint density at radius 1 is 1.00 bits per heavy atom. The van der Waals surface area contributed by atoms with E-state index >= 15 is 0 Å². The second-order valence-corrected chi connectivity index (χ2v) is 10.4. The van der Waals surface area contributed by atoms with Crippen LogP contribution >= 0.6 is 11.6 Å². The highest BCUT2D eigenvalue weighted by molar-refractivity contribution is 6.26. The van der Waals surface area contributed by atoms with Crippen LogP contribution in [0.25, 0.3) is 0 Å². The number of hydrogen-bond donors (Lipinski definition) is 1. The second kappa shape index (κ2) is 11.9. The third-order valence-corrected chi connectivity index (χ3v) is 9.18. The lowest BCUT2D eigenvalue weighted by Crippen LogP contribution is -2.52. The molecule has 7 atom stereocenters. The molecule has 3 nitrogen and oxygen atoms in total. The molecule has 3 rings (SSSR count). The molecule has 0 heterocycles. The Hall–Kier alpha value is -0.570. The van der Waals surface area contributed by atoms with Gasteiger partial charge in [0.25, 0.3) is 0 Å². The zero-order chi connectivity index (χ0) is 23.1. The van der Waals surface area contributed by atoms with Gasteiger partial charge in [0.1, 0.15) is 11.7 Å². The van der Waals surface area contributed by atoms with Gasteiger partial charge in [0.2, 0.25) is 0 Å². The van der Waals surface area contributed by atoms with Crippen LogP contribution in [-0.2, 0) is 9.59 Å². The maximum Gasteiger partial charge on any atom is 0.318 e. The molecule has 0 amide bonds. The number of alkyl halides is 1. The normalized spacial score (nSPS) is 39.4. The van der Waals surface area contributed by atoms with Gasteiger partial charge in [-0.1, -0.05) is 54.4 Å². The first-order chi connectivity index (χ1) is 14.2. The van der Waals surface area contributed by atoms with E-state index in [9.17, 15) is 9.59 Å². The van der Waals surface area contributed by atoms with Crippen molar-refractivity contribution in [3.63, 3.8) is 0 Å². The Morgan fingerprint density at radius 2 is 1.60 bits per heavy atom. The third-order valence-electron chi connectivity index (χ3n) is 8.95. The van der Waals surface area contributed by atoms with Crippen LogP contribution in [-0.4, -0.2) is 22.7 Å². The van der Waals surface area contributed by atoms with E-state index in [1.54, 1.807) is 0 Å². The minimum absolute atomic E-state index is 0.306. The molecule has 0 saturated heterocycles. The van der Waals surface area contributed by atoms with E-state index in [1.807, 2.05) is 20.8 Å². The van der Waals surface area contributed by atoms with Gasteiger partial charge in [-0.2, -0.15) is 0 Å². The molecule has 176 valence electrons. The molecule has 0 aromatic rings. The largest absolute Gasteiger partial charge is 0.480 e. The predicted molar refractivity (Wildman–Crippen MR) is 127 cm³/mol. The van der Waals surface area contributed by atoms with Gasteiger partial charge in [-0.05, 0) is 86.4 Å². The van der Waals surface area contributed by atoms with Crippen molar-refractivity contribution in [2.45, 2.75) is 106 Å². The van der Waals surface area contributed by atoms with Crippen LogP contribution in [0.5, 0.6) is 0 Å². The highest BCUT2D eigenvalue weighted by atomic mass is 35.5. The Balaban J connectivity index is 0.000000565. The van der Waals surface area contributed by atoms with Crippen molar-refractivity contribution in [2.75, 3.05) is 5.88 Å². The van der Waals surface area contributed by atoms with Crippen molar-refractivity contribution in [1.29, 1.82) is 0 Å². The summed E-state index contributed by atoms with van der Waals surface area (Å²) in [5.41, 5.74) is 0.876. The van der Waals surface area contributed by atoms with Gasteiger partial charge in [-0.25, -0.2) is 0 Å². The number of aliphatic carboxylic acids is 1. The third kappa shape index (κ3) is 5.43. The summed E-state index contributed by atoms with van der Waals surface area (Å²) < 4.78 is 0. The molecule has 3 saturated carbocycles. The van der Waals surface area contributed by atoms with Gasteiger partial charge in [-0.3, -0.25) is 9.59 Å². The van der Waals surface area contributed by atoms with Crippen molar-refractivity contribution < 1.29 is 14.7 Å². The fourth-order valence-electron chi connectivity index (χ4n) is 7.80. The summed E-state index contributed by atoms with van der Waals surface area (Å²) in [6.45, 7) is 15.7. The Kier molecular flexibility index (Phi) is 10.9. The maximum atomic E-state index is 12.2. The zero-order valence-corrected chi connectivity index (χ0v) is 21.4. The highest BCUT2D eigenvalue weighted by Gasteiger charge is 2.59. The first-order valence-electron chi connectivity index (χ1n) is 12.4. The van der Waals surface area contributed by atoms with Crippen LogP contribution in [0.15, 0.2) is 0 Å². The van der Waals surface area contributed by atoms with E-state index in [1.165, 1.54) is 57.8 Å². The van der Waals surface area contributed by atoms with E-state index in [-0.39, 0.29) is 5.88 Å². The van der Waals surface area contributed by atoms with Crippen molar-refractivity contribution in [1.82, 2.24) is 0 Å². The first-order valence-corrected chi connectivity index (χ1v) is 13.0. The smallest absolute Gasteiger partial charge is 0.318 e. The van der Waals surface area contributed by atoms with Crippen LogP contribution in [0.3, 0.4) is 0 Å². The number of ketones is 1. The molecule has 3 fully saturated rings. The number of fused-ring (bicyclic) bond motifs is 3. The summed E-state index contributed by atoms with van der Waals surface area (Å²) in [5, 5.41) is 7.59. The van der Waals surface area contributed by atoms with Crippen LogP contribution < -0.4 is 0 Å². The fraction of sp³-hybridized carbons (Fsp3) is 0.923. The van der Waals surface area contributed by atoms with E-state index in [2.05, 4.69) is 27.7 Å². The first kappa shape index (κ1) is 27.5. The molecular weight excluding hydrogens is 396 g/mol. The van der Waals surface area contributed by atoms with Gasteiger partial charge < -0.3 is 5.11 Å². The number of carbonyl (C=O) groups is 2. The van der Waals surface area contributed by atoms with Crippen LogP contribution in [0.2, 0.25) is 0 Å². The number of Topliss-reactive ketones (excluding diaryl/α,β-unsaturated/α-hetero) is 1. The molecule has 0 aromatic carbocycles. The van der Waals surface area contributed by atoms with Crippen molar-refractivity contribution in [3.8, 4) is 0 Å². The lowest BCUT2D eigenvalue weighted by molar-refractivity contribution is -0.134. The van der Waals surface area contributed by atoms with Crippen LogP contribution in [0.1, 0.15) is 106 Å². The van der Waals surface area contributed by atoms with Gasteiger partial charge in [0.05, 0.1) is 0 Å². The second-order valence-electron chi connectivity index (χ2n) is 10.1. The quantitative estimate of drug-likeness (QED) is 0.446. The van der Waals surface area contributed by atoms with Crippen LogP contribution in [0, 0.1) is 40.4 Å². The molecule has 3 aliphatic rings. The number of rotatable bonds is 5. The number of carbonyl (C=O) groups excluding carboxylic acids is 1. The summed E-state index contributed by atoms with van der Waals surface area (Å²) >= 11 is 4.74. The summed E-state index contributed by atoms with van der Waals surface area (Å²) in [6.07, 6.45) is 12.1. The van der Waals surface area contributed by atoms with Gasteiger partial charge in [-0.15, -0.1) is 11.6 Å². The lowest BCUT2D eigenvalue weighted by Gasteiger charge is -2.59. The van der Waals surface area contributed by atoms with Crippen molar-refractivity contribution >= 4 is 23.4 Å². The topological polar surface area (TPSA) is 54.4 Å². The molecule has 30 heavy (non-hydrogen) atoms. The lowest BCUT2D eigenvalue weighted by atomic mass is 9.46. The minimum Gasteiger partial charge on any atom is -0.480 e. The van der Waals surface area contributed by atoms with Crippen LogP contribution in [0.4, 0.5) is 0 Å². The van der Waals surface area contributed by atoms with Gasteiger partial charge >= 0.3 is 5.97 Å². The molecule has 0 aliphatic heterocycles. The summed E-state index contributed by atoms with van der Waals surface area (Å²) in [7, 11) is 0. The zero-order valence-electron chi connectivity index (χ0n) is 20.6. The van der Waals surface area contributed by atoms with E-state index in [0.717, 1.165) is 23.7 Å². The Morgan fingerprint density at radius 3 is 2.07 bits per heavy atom. The number of hydrogen-bond acceptors (Lipinski definition) is 2. The number of halogens is 1. The molecule has 0 bridgehead atoms. The molecular formula is C26H47ClO3. The molecule has 0 aromatic heterocycles.